The molecule has 0 unspecified atom stereocenters. The standard InChI is InChI=1S/C19H23N3O6S/c1-22(2)17-9-8-15(29(20,25)26)12-16(17)21-18(23)10-6-13-4-5-14(28-13)7-11-19(24)27-3/h4-6,8-10,12H,7,11H2,1-3H3,(H,21,23)(H2,20,25,26)/b10-6+. The maximum atomic E-state index is 12.3. The Morgan fingerprint density at radius 2 is 1.97 bits per heavy atom. The Morgan fingerprint density at radius 1 is 1.24 bits per heavy atom. The number of hydrogen-bond donors (Lipinski definition) is 2. The van der Waals surface area contributed by atoms with E-state index >= 15 is 0 Å². The number of furan rings is 1. The molecule has 0 saturated carbocycles. The molecule has 1 amide bonds. The zero-order valence-corrected chi connectivity index (χ0v) is 17.2. The number of anilines is 2. The van der Waals surface area contributed by atoms with Gasteiger partial charge in [0.25, 0.3) is 0 Å². The van der Waals surface area contributed by atoms with Crippen LogP contribution in [0.15, 0.2) is 45.7 Å². The molecule has 0 aliphatic carbocycles. The van der Waals surface area contributed by atoms with E-state index in [-0.39, 0.29) is 17.3 Å². The molecule has 2 aromatic rings. The molecule has 0 aliphatic rings. The van der Waals surface area contributed by atoms with E-state index in [4.69, 9.17) is 9.56 Å². The number of carbonyl (C=O) groups excluding carboxylic acids is 2. The molecular weight excluding hydrogens is 398 g/mol. The van der Waals surface area contributed by atoms with Crippen LogP contribution in [0.25, 0.3) is 6.08 Å². The van der Waals surface area contributed by atoms with Crippen molar-refractivity contribution in [2.24, 2.45) is 5.14 Å². The third kappa shape index (κ3) is 6.47. The molecule has 29 heavy (non-hydrogen) atoms. The minimum atomic E-state index is -3.91. The Kier molecular flexibility index (Phi) is 7.18. The summed E-state index contributed by atoms with van der Waals surface area (Å²) in [6.07, 6.45) is 3.31. The van der Waals surface area contributed by atoms with Gasteiger partial charge in [0.1, 0.15) is 11.5 Å². The van der Waals surface area contributed by atoms with Gasteiger partial charge in [-0.2, -0.15) is 0 Å². The summed E-state index contributed by atoms with van der Waals surface area (Å²) in [4.78, 5) is 25.1. The Hall–Kier alpha value is -3.11. The zero-order chi connectivity index (χ0) is 21.6. The van der Waals surface area contributed by atoms with Gasteiger partial charge in [0.2, 0.25) is 15.9 Å². The molecule has 9 nitrogen and oxygen atoms in total. The average molecular weight is 421 g/mol. The van der Waals surface area contributed by atoms with Crippen LogP contribution in [0.2, 0.25) is 0 Å². The summed E-state index contributed by atoms with van der Waals surface area (Å²) in [6.45, 7) is 0. The van der Waals surface area contributed by atoms with Crippen molar-refractivity contribution in [3.8, 4) is 0 Å². The van der Waals surface area contributed by atoms with E-state index in [9.17, 15) is 18.0 Å². The van der Waals surface area contributed by atoms with Gasteiger partial charge in [-0.25, -0.2) is 13.6 Å². The number of nitrogens with one attached hydrogen (secondary N) is 1. The van der Waals surface area contributed by atoms with Crippen molar-refractivity contribution in [3.05, 3.63) is 47.9 Å². The van der Waals surface area contributed by atoms with Crippen LogP contribution in [-0.4, -0.2) is 41.5 Å². The number of nitrogens with two attached hydrogens (primary N) is 1. The van der Waals surface area contributed by atoms with Crippen LogP contribution in [0.5, 0.6) is 0 Å². The summed E-state index contributed by atoms with van der Waals surface area (Å²) in [5.74, 6) is 0.209. The third-order valence-electron chi connectivity index (χ3n) is 3.92. The lowest BCUT2D eigenvalue weighted by molar-refractivity contribution is -0.140. The van der Waals surface area contributed by atoms with Crippen LogP contribution in [0.3, 0.4) is 0 Å². The van der Waals surface area contributed by atoms with Crippen LogP contribution in [-0.2, 0) is 30.8 Å². The van der Waals surface area contributed by atoms with Crippen LogP contribution in [0, 0.1) is 0 Å². The minimum Gasteiger partial charge on any atom is -0.469 e. The van der Waals surface area contributed by atoms with E-state index in [2.05, 4.69) is 10.1 Å². The molecule has 2 rings (SSSR count). The lowest BCUT2D eigenvalue weighted by Gasteiger charge is -2.18. The highest BCUT2D eigenvalue weighted by molar-refractivity contribution is 7.89. The summed E-state index contributed by atoms with van der Waals surface area (Å²) in [5, 5.41) is 7.80. The number of rotatable bonds is 8. The molecule has 0 spiro atoms. The van der Waals surface area contributed by atoms with Crippen molar-refractivity contribution in [2.45, 2.75) is 17.7 Å². The highest BCUT2D eigenvalue weighted by atomic mass is 32.2. The molecule has 3 N–H and O–H groups in total. The molecule has 0 saturated heterocycles. The Bertz CT molecular complexity index is 1020. The molecule has 1 aromatic heterocycles. The summed E-state index contributed by atoms with van der Waals surface area (Å²) in [7, 11) is 0.932. The van der Waals surface area contributed by atoms with Gasteiger partial charge in [0.05, 0.1) is 29.8 Å². The Balaban J connectivity index is 2.10. The number of benzene rings is 1. The molecule has 0 bridgehead atoms. The van der Waals surface area contributed by atoms with E-state index in [1.54, 1.807) is 37.2 Å². The van der Waals surface area contributed by atoms with Gasteiger partial charge < -0.3 is 19.4 Å². The summed E-state index contributed by atoms with van der Waals surface area (Å²) in [5.41, 5.74) is 0.914. The number of carbonyl (C=O) groups is 2. The maximum Gasteiger partial charge on any atom is 0.305 e. The van der Waals surface area contributed by atoms with Gasteiger partial charge in [0.15, 0.2) is 0 Å². The van der Waals surface area contributed by atoms with Crippen molar-refractivity contribution in [1.29, 1.82) is 0 Å². The second-order valence-electron chi connectivity index (χ2n) is 6.32. The molecule has 1 heterocycles. The van der Waals surface area contributed by atoms with E-state index in [1.807, 2.05) is 0 Å². The number of nitrogens with zero attached hydrogens (tertiary/aromatic N) is 1. The van der Waals surface area contributed by atoms with Crippen molar-refractivity contribution in [3.63, 3.8) is 0 Å². The maximum absolute atomic E-state index is 12.3. The second-order valence-corrected chi connectivity index (χ2v) is 7.88. The van der Waals surface area contributed by atoms with Crippen molar-refractivity contribution < 1.29 is 27.2 Å². The van der Waals surface area contributed by atoms with E-state index in [0.717, 1.165) is 0 Å². The number of aryl methyl sites for hydroxylation is 1. The molecule has 0 atom stereocenters. The fourth-order valence-electron chi connectivity index (χ4n) is 2.46. The van der Waals surface area contributed by atoms with Gasteiger partial charge >= 0.3 is 5.97 Å². The third-order valence-corrected chi connectivity index (χ3v) is 4.83. The fourth-order valence-corrected chi connectivity index (χ4v) is 3.00. The fraction of sp³-hybridized carbons (Fsp3) is 0.263. The number of primary sulfonamides is 1. The van der Waals surface area contributed by atoms with E-state index < -0.39 is 15.9 Å². The smallest absolute Gasteiger partial charge is 0.305 e. The predicted molar refractivity (Wildman–Crippen MR) is 109 cm³/mol. The monoisotopic (exact) mass is 421 g/mol. The Labute approximate surface area is 169 Å². The lowest BCUT2D eigenvalue weighted by atomic mass is 10.2. The van der Waals surface area contributed by atoms with Crippen molar-refractivity contribution in [2.75, 3.05) is 31.4 Å². The molecule has 0 fully saturated rings. The van der Waals surface area contributed by atoms with E-state index in [0.29, 0.717) is 29.3 Å². The van der Waals surface area contributed by atoms with Gasteiger partial charge in [-0.3, -0.25) is 9.59 Å². The topological polar surface area (TPSA) is 132 Å². The number of amides is 1. The van der Waals surface area contributed by atoms with Gasteiger partial charge in [-0.1, -0.05) is 0 Å². The lowest BCUT2D eigenvalue weighted by Crippen LogP contribution is -2.17. The van der Waals surface area contributed by atoms with Crippen molar-refractivity contribution >= 4 is 39.4 Å². The number of hydrogen-bond acceptors (Lipinski definition) is 7. The van der Waals surface area contributed by atoms with Crippen LogP contribution in [0.1, 0.15) is 17.9 Å². The predicted octanol–water partition coefficient (Wildman–Crippen LogP) is 1.75. The number of sulfonamides is 1. The molecule has 0 radical (unpaired) electrons. The number of methoxy groups -OCH3 is 1. The summed E-state index contributed by atoms with van der Waals surface area (Å²) < 4.78 is 33.3. The van der Waals surface area contributed by atoms with Gasteiger partial charge in [-0.05, 0) is 36.4 Å². The highest BCUT2D eigenvalue weighted by Gasteiger charge is 2.14. The second kappa shape index (κ2) is 9.39. The first-order chi connectivity index (χ1) is 13.6. The van der Waals surface area contributed by atoms with Crippen LogP contribution < -0.4 is 15.4 Å². The Morgan fingerprint density at radius 3 is 2.59 bits per heavy atom. The van der Waals surface area contributed by atoms with Gasteiger partial charge in [-0.15, -0.1) is 0 Å². The first kappa shape index (κ1) is 22.2. The van der Waals surface area contributed by atoms with Crippen molar-refractivity contribution in [1.82, 2.24) is 0 Å². The first-order valence-electron chi connectivity index (χ1n) is 8.59. The number of esters is 1. The number of ether oxygens (including phenoxy) is 1. The summed E-state index contributed by atoms with van der Waals surface area (Å²) >= 11 is 0. The molecular formula is C19H23N3O6S. The summed E-state index contributed by atoms with van der Waals surface area (Å²) in [6, 6.07) is 7.60. The van der Waals surface area contributed by atoms with Crippen LogP contribution in [0.4, 0.5) is 11.4 Å². The minimum absolute atomic E-state index is 0.108. The molecule has 156 valence electrons. The molecule has 1 aromatic carbocycles. The normalized spacial score (nSPS) is 11.4. The van der Waals surface area contributed by atoms with Crippen LogP contribution >= 0.6 is 0 Å². The van der Waals surface area contributed by atoms with Gasteiger partial charge in [0, 0.05) is 26.6 Å². The zero-order valence-electron chi connectivity index (χ0n) is 16.3. The largest absolute Gasteiger partial charge is 0.469 e. The average Bonchev–Trinajstić information content (AvgIpc) is 3.11. The molecule has 0 aliphatic heterocycles. The highest BCUT2D eigenvalue weighted by Crippen LogP contribution is 2.27. The first-order valence-corrected chi connectivity index (χ1v) is 10.1. The quantitative estimate of drug-likeness (QED) is 0.490. The molecule has 10 heteroatoms. The SMILES string of the molecule is COC(=O)CCc1ccc(/C=C/C(=O)Nc2cc(S(N)(=O)=O)ccc2N(C)C)o1. The van der Waals surface area contributed by atoms with E-state index in [1.165, 1.54) is 31.4 Å².